The Morgan fingerprint density at radius 3 is 2.11 bits per heavy atom. The summed E-state index contributed by atoms with van der Waals surface area (Å²) in [5.74, 6) is -7.64. The highest BCUT2D eigenvalue weighted by Gasteiger charge is 2.61. The van der Waals surface area contributed by atoms with E-state index in [2.05, 4.69) is 26.6 Å². The molecule has 0 aromatic heterocycles. The Morgan fingerprint density at radius 1 is 0.869 bits per heavy atom. The topological polar surface area (TPSA) is 292 Å². The van der Waals surface area contributed by atoms with E-state index in [-0.39, 0.29) is 38.1 Å². The van der Waals surface area contributed by atoms with Gasteiger partial charge in [0.25, 0.3) is 0 Å². The van der Waals surface area contributed by atoms with Crippen molar-refractivity contribution >= 4 is 53.1 Å². The number of carbonyl (C=O) groups excluding carboxylic acids is 6. The van der Waals surface area contributed by atoms with Crippen LogP contribution in [0.15, 0.2) is 66.2 Å². The van der Waals surface area contributed by atoms with Gasteiger partial charge in [0.1, 0.15) is 36.4 Å². The summed E-state index contributed by atoms with van der Waals surface area (Å²) in [6.45, 7) is 7.10. The van der Waals surface area contributed by atoms with Gasteiger partial charge in [-0.05, 0) is 62.6 Å². The molecule has 11 N–H and O–H groups in total. The summed E-state index contributed by atoms with van der Waals surface area (Å²) in [6, 6.07) is 9.55. The van der Waals surface area contributed by atoms with Gasteiger partial charge in [-0.1, -0.05) is 80.4 Å². The first kappa shape index (κ1) is 47.4. The molecule has 2 heterocycles. The molecule has 0 bridgehead atoms. The number of nitrogens with zero attached hydrogens (tertiary/aromatic N) is 1. The zero-order valence-corrected chi connectivity index (χ0v) is 34.9. The fourth-order valence-electron chi connectivity index (χ4n) is 7.89. The maximum Gasteiger partial charge on any atom is 0.326 e. The fourth-order valence-corrected chi connectivity index (χ4v) is 7.89. The van der Waals surface area contributed by atoms with Gasteiger partial charge in [0, 0.05) is 30.4 Å². The zero-order valence-electron chi connectivity index (χ0n) is 34.9. The molecule has 6 amide bonds. The second-order valence-electron chi connectivity index (χ2n) is 16.0. The van der Waals surface area contributed by atoms with Crippen LogP contribution in [0.4, 0.5) is 5.69 Å². The molecule has 4 rings (SSSR count). The molecule has 1 fully saturated rings. The van der Waals surface area contributed by atoms with Crippen molar-refractivity contribution in [2.24, 2.45) is 17.4 Å². The molecule has 0 spiro atoms. The minimum Gasteiger partial charge on any atom is -0.481 e. The molecule has 330 valence electrons. The monoisotopic (exact) mass is 846 g/mol. The minimum atomic E-state index is -1.59. The number of amides is 6. The smallest absolute Gasteiger partial charge is 0.326 e. The number of hydrogen-bond acceptors (Lipinski definition) is 10. The van der Waals surface area contributed by atoms with Crippen molar-refractivity contribution in [3.63, 3.8) is 0 Å². The van der Waals surface area contributed by atoms with E-state index in [0.29, 0.717) is 18.4 Å². The normalized spacial score (nSPS) is 19.9. The number of anilines is 1. The van der Waals surface area contributed by atoms with Crippen LogP contribution in [0, 0.1) is 5.92 Å². The van der Waals surface area contributed by atoms with E-state index in [1.807, 2.05) is 51.1 Å². The lowest BCUT2D eigenvalue weighted by molar-refractivity contribution is -0.145. The van der Waals surface area contributed by atoms with Gasteiger partial charge in [-0.25, -0.2) is 4.79 Å². The maximum atomic E-state index is 15.4. The number of rotatable bonds is 22. The van der Waals surface area contributed by atoms with Gasteiger partial charge in [0.05, 0.1) is 6.54 Å². The molecule has 0 unspecified atom stereocenters. The average molecular weight is 847 g/mol. The van der Waals surface area contributed by atoms with Gasteiger partial charge in [-0.15, -0.1) is 0 Å². The summed E-state index contributed by atoms with van der Waals surface area (Å²) >= 11 is 0. The van der Waals surface area contributed by atoms with Crippen molar-refractivity contribution < 1.29 is 48.6 Å². The minimum absolute atomic E-state index is 0.0134. The van der Waals surface area contributed by atoms with E-state index in [4.69, 9.17) is 11.5 Å². The molecule has 18 nitrogen and oxygen atoms in total. The summed E-state index contributed by atoms with van der Waals surface area (Å²) < 4.78 is 0. The number of nitrogens with two attached hydrogens (primary N) is 2. The summed E-state index contributed by atoms with van der Waals surface area (Å²) in [5.41, 5.74) is 13.1. The molecule has 61 heavy (non-hydrogen) atoms. The van der Waals surface area contributed by atoms with Crippen LogP contribution in [-0.4, -0.2) is 105 Å². The van der Waals surface area contributed by atoms with Crippen molar-refractivity contribution in [1.82, 2.24) is 26.2 Å². The van der Waals surface area contributed by atoms with Crippen LogP contribution < -0.4 is 38.1 Å². The predicted molar refractivity (Wildman–Crippen MR) is 224 cm³/mol. The highest BCUT2D eigenvalue weighted by Crippen LogP contribution is 2.53. The number of likely N-dealkylation sites (tertiary alicyclic amines) is 1. The standard InChI is InChI=1S/C43H58N8O10/c1-5-25(4)36(50-34(53)23-44)39(58)48-31(21-26-11-7-6-8-12-26)40(59)51-32(22-43(20-19-24(2)3)27-13-9-10-14-28(27)49-42(43)51)38(57)46-29(16-18-35(54)55)37(56)47-30(41(60)61)15-17-33(45)52/h6-14,19,25,29-32,36,42,49H,5,15-18,20-23,44H2,1-4H3,(H2,45,52)(H,46,57)(H,47,56)(H,48,58)(H,50,53)(H,54,55)(H,60,61)/t25-,29-,30-,31-,32-,36-,42+,43+/m0/s1. The summed E-state index contributed by atoms with van der Waals surface area (Å²) in [4.78, 5) is 107. The molecule has 1 saturated heterocycles. The van der Waals surface area contributed by atoms with Gasteiger partial charge >= 0.3 is 11.9 Å². The molecule has 8 atom stereocenters. The highest BCUT2D eigenvalue weighted by molar-refractivity contribution is 5.98. The molecule has 0 saturated carbocycles. The second kappa shape index (κ2) is 21.3. The SMILES string of the molecule is CC[C@H](C)[C@H](NC(=O)CN)C(=O)N[C@@H](Cc1ccccc1)C(=O)N1[C@H]2Nc3ccccc3[C@@]2(CC=C(C)C)C[C@H]1C(=O)N[C@@H](CCC(=O)O)C(=O)N[C@@H](CCC(N)=O)C(=O)O. The van der Waals surface area contributed by atoms with Gasteiger partial charge in [-0.3, -0.25) is 33.6 Å². The molecule has 18 heteroatoms. The third-order valence-corrected chi connectivity index (χ3v) is 11.4. The third-order valence-electron chi connectivity index (χ3n) is 11.4. The quantitative estimate of drug-likeness (QED) is 0.0752. The van der Waals surface area contributed by atoms with E-state index in [1.165, 1.54) is 4.90 Å². The number of benzene rings is 2. The largest absolute Gasteiger partial charge is 0.481 e. The lowest BCUT2D eigenvalue weighted by atomic mass is 9.75. The van der Waals surface area contributed by atoms with E-state index in [0.717, 1.165) is 16.8 Å². The predicted octanol–water partition coefficient (Wildman–Crippen LogP) is 1.03. The Kier molecular flexibility index (Phi) is 16.5. The first-order valence-electron chi connectivity index (χ1n) is 20.4. The van der Waals surface area contributed by atoms with Crippen LogP contribution in [0.3, 0.4) is 0 Å². The number of fused-ring (bicyclic) bond motifs is 3. The van der Waals surface area contributed by atoms with Crippen LogP contribution in [0.1, 0.15) is 83.8 Å². The summed E-state index contributed by atoms with van der Waals surface area (Å²) in [7, 11) is 0. The Bertz CT molecular complexity index is 1990. The Balaban J connectivity index is 1.83. The highest BCUT2D eigenvalue weighted by atomic mass is 16.4. The van der Waals surface area contributed by atoms with Gasteiger partial charge in [0.15, 0.2) is 0 Å². The van der Waals surface area contributed by atoms with Gasteiger partial charge in [0.2, 0.25) is 35.4 Å². The Labute approximate surface area is 354 Å². The number of aliphatic carboxylic acids is 2. The number of para-hydroxylation sites is 1. The van der Waals surface area contributed by atoms with E-state index >= 15 is 4.79 Å². The molecule has 2 aliphatic rings. The van der Waals surface area contributed by atoms with Crippen molar-refractivity contribution in [1.29, 1.82) is 0 Å². The van der Waals surface area contributed by atoms with Crippen LogP contribution in [0.2, 0.25) is 0 Å². The maximum absolute atomic E-state index is 15.4. The Morgan fingerprint density at radius 2 is 1.51 bits per heavy atom. The second-order valence-corrected chi connectivity index (χ2v) is 16.0. The molecule has 0 radical (unpaired) electrons. The number of primary amides is 1. The number of nitrogens with one attached hydrogen (secondary N) is 5. The van der Waals surface area contributed by atoms with Crippen LogP contribution in [0.25, 0.3) is 0 Å². The number of carbonyl (C=O) groups is 8. The third kappa shape index (κ3) is 11.9. The summed E-state index contributed by atoms with van der Waals surface area (Å²) in [6.07, 6.45) is 0.267. The number of carboxylic acids is 2. The van der Waals surface area contributed by atoms with Crippen LogP contribution in [0.5, 0.6) is 0 Å². The van der Waals surface area contributed by atoms with E-state index in [1.54, 1.807) is 37.3 Å². The first-order valence-corrected chi connectivity index (χ1v) is 20.4. The first-order chi connectivity index (χ1) is 28.9. The molecule has 0 aliphatic carbocycles. The number of allylic oxidation sites excluding steroid dienone is 2. The van der Waals surface area contributed by atoms with Crippen molar-refractivity contribution in [3.05, 3.63) is 77.4 Å². The lowest BCUT2D eigenvalue weighted by Gasteiger charge is -2.36. The number of carboxylic acid groups (broad SMARTS) is 2. The van der Waals surface area contributed by atoms with Crippen molar-refractivity contribution in [2.45, 2.75) is 121 Å². The van der Waals surface area contributed by atoms with Crippen molar-refractivity contribution in [2.75, 3.05) is 11.9 Å². The molecular formula is C43H58N8O10. The van der Waals surface area contributed by atoms with E-state index in [9.17, 15) is 43.8 Å². The average Bonchev–Trinajstić information content (AvgIpc) is 3.72. The summed E-state index contributed by atoms with van der Waals surface area (Å²) in [5, 5.41) is 33.2. The van der Waals surface area contributed by atoms with Gasteiger partial charge in [-0.2, -0.15) is 0 Å². The lowest BCUT2D eigenvalue weighted by Crippen LogP contribution is -2.62. The van der Waals surface area contributed by atoms with Crippen LogP contribution >= 0.6 is 0 Å². The van der Waals surface area contributed by atoms with Gasteiger partial charge < -0.3 is 53.2 Å². The molecule has 2 aromatic carbocycles. The Hall–Kier alpha value is -6.30. The van der Waals surface area contributed by atoms with E-state index < -0.39 is 102 Å². The van der Waals surface area contributed by atoms with Crippen LogP contribution in [-0.2, 0) is 50.2 Å². The van der Waals surface area contributed by atoms with Crippen molar-refractivity contribution in [3.8, 4) is 0 Å². The fraction of sp³-hybridized carbons (Fsp3) is 0.488. The number of hydrogen-bond donors (Lipinski definition) is 9. The molecule has 2 aromatic rings. The molecular weight excluding hydrogens is 789 g/mol. The molecule has 2 aliphatic heterocycles. The zero-order chi connectivity index (χ0) is 45.0.